The molecule has 0 atom stereocenters. The van der Waals surface area contributed by atoms with Crippen molar-refractivity contribution >= 4 is 16.1 Å². The molecule has 19 heavy (non-hydrogen) atoms. The fraction of sp³-hybridized carbons (Fsp3) is 0.231. The van der Waals surface area contributed by atoms with E-state index in [1.807, 2.05) is 6.92 Å². The maximum atomic E-state index is 12.1. The van der Waals surface area contributed by atoms with Crippen molar-refractivity contribution in [3.8, 4) is 11.3 Å². The average molecular weight is 278 g/mol. The van der Waals surface area contributed by atoms with Crippen LogP contribution in [-0.2, 0) is 9.84 Å². The van der Waals surface area contributed by atoms with Crippen molar-refractivity contribution in [1.82, 2.24) is 10.2 Å². The molecule has 0 unspecified atom stereocenters. The number of H-pyrrole nitrogens is 1. The van der Waals surface area contributed by atoms with Crippen LogP contribution >= 0.6 is 0 Å². The van der Waals surface area contributed by atoms with Crippen LogP contribution in [0.1, 0.15) is 22.8 Å². The van der Waals surface area contributed by atoms with Crippen molar-refractivity contribution in [3.63, 3.8) is 0 Å². The Hall–Kier alpha value is -1.95. The molecule has 0 aliphatic heterocycles. The molecule has 0 aliphatic rings. The van der Waals surface area contributed by atoms with Crippen molar-refractivity contribution in [2.75, 3.05) is 5.75 Å². The van der Waals surface area contributed by atoms with Gasteiger partial charge in [0.2, 0.25) is 0 Å². The topological polar surface area (TPSA) is 79.9 Å². The van der Waals surface area contributed by atoms with Gasteiger partial charge in [0.15, 0.2) is 16.1 Å². The smallest absolute Gasteiger partial charge is 0.178 e. The number of nitrogens with zero attached hydrogens (tertiary/aromatic N) is 1. The summed E-state index contributed by atoms with van der Waals surface area (Å²) in [6, 6.07) is 5.05. The Bertz CT molecular complexity index is 717. The molecule has 0 amide bonds. The van der Waals surface area contributed by atoms with Crippen molar-refractivity contribution < 1.29 is 13.2 Å². The summed E-state index contributed by atoms with van der Waals surface area (Å²) in [5.41, 5.74) is 2.18. The number of aryl methyl sites for hydroxylation is 1. The van der Waals surface area contributed by atoms with Gasteiger partial charge in [0.1, 0.15) is 0 Å². The van der Waals surface area contributed by atoms with E-state index in [0.29, 0.717) is 23.1 Å². The maximum absolute atomic E-state index is 12.1. The average Bonchev–Trinajstić information content (AvgIpc) is 2.86. The molecule has 1 aromatic carbocycles. The minimum Gasteiger partial charge on any atom is -0.298 e. The molecule has 1 N–H and O–H groups in total. The van der Waals surface area contributed by atoms with E-state index in [-0.39, 0.29) is 10.6 Å². The van der Waals surface area contributed by atoms with E-state index in [4.69, 9.17) is 0 Å². The summed E-state index contributed by atoms with van der Waals surface area (Å²) in [6.45, 7) is 3.45. The molecule has 0 bridgehead atoms. The van der Waals surface area contributed by atoms with Gasteiger partial charge in [-0.25, -0.2) is 8.42 Å². The molecule has 0 spiro atoms. The molecule has 5 nitrogen and oxygen atoms in total. The predicted octanol–water partition coefficient (Wildman–Crippen LogP) is 1.99. The molecule has 0 saturated heterocycles. The first-order chi connectivity index (χ1) is 8.99. The van der Waals surface area contributed by atoms with E-state index in [1.165, 1.54) is 6.20 Å². The molecule has 0 saturated carbocycles. The predicted molar refractivity (Wildman–Crippen MR) is 71.9 cm³/mol. The highest BCUT2D eigenvalue weighted by atomic mass is 32.2. The Balaban J connectivity index is 2.76. The van der Waals surface area contributed by atoms with E-state index >= 15 is 0 Å². The van der Waals surface area contributed by atoms with Crippen LogP contribution in [0.25, 0.3) is 11.3 Å². The van der Waals surface area contributed by atoms with Gasteiger partial charge in [-0.15, -0.1) is 0 Å². The van der Waals surface area contributed by atoms with Crippen molar-refractivity contribution in [3.05, 3.63) is 35.5 Å². The zero-order valence-electron chi connectivity index (χ0n) is 10.7. The first-order valence-electron chi connectivity index (χ1n) is 5.82. The highest BCUT2D eigenvalue weighted by molar-refractivity contribution is 7.91. The van der Waals surface area contributed by atoms with Crippen LogP contribution in [0, 0.1) is 6.92 Å². The van der Waals surface area contributed by atoms with Gasteiger partial charge < -0.3 is 0 Å². The largest absolute Gasteiger partial charge is 0.298 e. The number of aldehydes is 1. The van der Waals surface area contributed by atoms with Gasteiger partial charge in [0, 0.05) is 5.56 Å². The number of sulfone groups is 1. The van der Waals surface area contributed by atoms with Crippen LogP contribution in [-0.4, -0.2) is 30.7 Å². The number of carbonyl (C=O) groups excluding carboxylic acids is 1. The fourth-order valence-electron chi connectivity index (χ4n) is 1.87. The number of benzene rings is 1. The summed E-state index contributed by atoms with van der Waals surface area (Å²) in [5, 5.41) is 6.49. The van der Waals surface area contributed by atoms with Crippen LogP contribution in [0.3, 0.4) is 0 Å². The summed E-state index contributed by atoms with van der Waals surface area (Å²) in [4.78, 5) is 11.2. The Labute approximate surface area is 111 Å². The molecule has 2 rings (SSSR count). The Kier molecular flexibility index (Phi) is 3.53. The Morgan fingerprint density at radius 1 is 1.37 bits per heavy atom. The van der Waals surface area contributed by atoms with E-state index in [9.17, 15) is 13.2 Å². The van der Waals surface area contributed by atoms with Crippen LogP contribution in [0.15, 0.2) is 29.3 Å². The zero-order chi connectivity index (χ0) is 14.0. The van der Waals surface area contributed by atoms with Gasteiger partial charge in [-0.1, -0.05) is 18.6 Å². The first-order valence-corrected chi connectivity index (χ1v) is 7.47. The summed E-state index contributed by atoms with van der Waals surface area (Å²) in [5.74, 6) is 0.00756. The van der Waals surface area contributed by atoms with Crippen molar-refractivity contribution in [1.29, 1.82) is 0 Å². The molecule has 0 fully saturated rings. The van der Waals surface area contributed by atoms with Crippen LogP contribution in [0.4, 0.5) is 0 Å². The lowest BCUT2D eigenvalue weighted by atomic mass is 10.1. The summed E-state index contributed by atoms with van der Waals surface area (Å²) in [7, 11) is -3.36. The lowest BCUT2D eigenvalue weighted by Gasteiger charge is -2.09. The number of aromatic nitrogens is 2. The molecular formula is C13H14N2O3S. The quantitative estimate of drug-likeness (QED) is 0.867. The molecule has 1 aromatic heterocycles. The normalized spacial score (nSPS) is 11.5. The molecular weight excluding hydrogens is 264 g/mol. The molecule has 1 heterocycles. The highest BCUT2D eigenvalue weighted by Crippen LogP contribution is 2.29. The molecule has 0 radical (unpaired) electrons. The summed E-state index contributed by atoms with van der Waals surface area (Å²) < 4.78 is 24.2. The van der Waals surface area contributed by atoms with E-state index in [1.54, 1.807) is 25.1 Å². The number of hydrogen-bond acceptors (Lipinski definition) is 4. The van der Waals surface area contributed by atoms with E-state index < -0.39 is 9.84 Å². The van der Waals surface area contributed by atoms with E-state index in [0.717, 1.165) is 5.56 Å². The Morgan fingerprint density at radius 2 is 2.11 bits per heavy atom. The third-order valence-corrected chi connectivity index (χ3v) is 4.70. The van der Waals surface area contributed by atoms with Crippen molar-refractivity contribution in [2.45, 2.75) is 18.7 Å². The molecule has 100 valence electrons. The van der Waals surface area contributed by atoms with Gasteiger partial charge >= 0.3 is 0 Å². The Morgan fingerprint density at radius 3 is 2.74 bits per heavy atom. The van der Waals surface area contributed by atoms with Gasteiger partial charge in [-0.2, -0.15) is 5.10 Å². The van der Waals surface area contributed by atoms with Crippen molar-refractivity contribution in [2.24, 2.45) is 0 Å². The van der Waals surface area contributed by atoms with Crippen LogP contribution < -0.4 is 0 Å². The first kappa shape index (κ1) is 13.5. The van der Waals surface area contributed by atoms with E-state index in [2.05, 4.69) is 10.2 Å². The number of aromatic amines is 1. The second kappa shape index (κ2) is 4.97. The second-order valence-electron chi connectivity index (χ2n) is 4.22. The van der Waals surface area contributed by atoms with Gasteiger partial charge in [0.05, 0.1) is 28.1 Å². The molecule has 2 aromatic rings. The SMILES string of the molecule is CCS(=O)(=O)c1ccc(C)cc1-c1[nH]ncc1C=O. The fourth-order valence-corrected chi connectivity index (χ4v) is 2.95. The van der Waals surface area contributed by atoms with Gasteiger partial charge in [0.25, 0.3) is 0 Å². The zero-order valence-corrected chi connectivity index (χ0v) is 11.5. The number of hydrogen-bond donors (Lipinski definition) is 1. The minimum absolute atomic E-state index is 0.00756. The maximum Gasteiger partial charge on any atom is 0.178 e. The minimum atomic E-state index is -3.36. The second-order valence-corrected chi connectivity index (χ2v) is 6.47. The number of rotatable bonds is 4. The summed E-state index contributed by atoms with van der Waals surface area (Å²) >= 11 is 0. The monoisotopic (exact) mass is 278 g/mol. The third-order valence-electron chi connectivity index (χ3n) is 2.92. The molecule has 0 aliphatic carbocycles. The number of carbonyl (C=O) groups is 1. The standard InChI is InChI=1S/C13H14N2O3S/c1-3-19(17,18)12-5-4-9(2)6-11(12)13-10(8-16)7-14-15-13/h4-8H,3H2,1-2H3,(H,14,15). The highest BCUT2D eigenvalue weighted by Gasteiger charge is 2.20. The van der Waals surface area contributed by atoms with Gasteiger partial charge in [-0.3, -0.25) is 9.89 Å². The van der Waals surface area contributed by atoms with Crippen LogP contribution in [0.5, 0.6) is 0 Å². The number of nitrogens with one attached hydrogen (secondary N) is 1. The molecule has 6 heteroatoms. The third kappa shape index (κ3) is 2.44. The lowest BCUT2D eigenvalue weighted by Crippen LogP contribution is -2.06. The lowest BCUT2D eigenvalue weighted by molar-refractivity contribution is 0.112. The van der Waals surface area contributed by atoms with Gasteiger partial charge in [-0.05, 0) is 19.1 Å². The summed E-state index contributed by atoms with van der Waals surface area (Å²) in [6.07, 6.45) is 2.04. The van der Waals surface area contributed by atoms with Crippen LogP contribution in [0.2, 0.25) is 0 Å².